The van der Waals surface area contributed by atoms with Crippen molar-refractivity contribution in [2.45, 2.75) is 32.1 Å². The van der Waals surface area contributed by atoms with Crippen LogP contribution in [0.25, 0.3) is 0 Å². The molecule has 0 aromatic rings. The number of likely N-dealkylation sites (tertiary alicyclic amines) is 1. The lowest BCUT2D eigenvalue weighted by Gasteiger charge is -2.25. The zero-order valence-electron chi connectivity index (χ0n) is 10.5. The summed E-state index contributed by atoms with van der Waals surface area (Å²) in [6, 6.07) is 0. The van der Waals surface area contributed by atoms with Gasteiger partial charge < -0.3 is 10.2 Å². The molecular weight excluding hydrogens is 325 g/mol. The summed E-state index contributed by atoms with van der Waals surface area (Å²) in [7, 11) is 1.83. The molecule has 1 N–H and O–H groups in total. The lowest BCUT2D eigenvalue weighted by molar-refractivity contribution is 0.309. The van der Waals surface area contributed by atoms with Crippen LogP contribution < -0.4 is 5.32 Å². The third-order valence-corrected chi connectivity index (χ3v) is 3.96. The van der Waals surface area contributed by atoms with E-state index in [9.17, 15) is 0 Å². The molecule has 0 bridgehead atoms. The second-order valence-corrected chi connectivity index (χ2v) is 4.98. The molecule has 1 spiro atoms. The average Bonchev–Trinajstić information content (AvgIpc) is 2.92. The van der Waals surface area contributed by atoms with E-state index in [1.807, 2.05) is 7.05 Å². The number of hydrogen-bond donors (Lipinski definition) is 1. The molecule has 3 nitrogen and oxygen atoms in total. The smallest absolute Gasteiger partial charge is 0.194 e. The van der Waals surface area contributed by atoms with Crippen LogP contribution in [0.1, 0.15) is 32.1 Å². The minimum atomic E-state index is 0. The third-order valence-electron chi connectivity index (χ3n) is 3.96. The van der Waals surface area contributed by atoms with Gasteiger partial charge in [-0.1, -0.05) is 18.8 Å². The van der Waals surface area contributed by atoms with E-state index in [0.717, 1.165) is 19.0 Å². The van der Waals surface area contributed by atoms with Crippen molar-refractivity contribution in [3.8, 4) is 12.3 Å². The van der Waals surface area contributed by atoms with Crippen LogP contribution in [0, 0.1) is 17.8 Å². The summed E-state index contributed by atoms with van der Waals surface area (Å²) in [6.45, 7) is 2.86. The lowest BCUT2D eigenvalue weighted by atomic mass is 9.86. The largest absolute Gasteiger partial charge is 0.345 e. The Morgan fingerprint density at radius 3 is 2.71 bits per heavy atom. The fourth-order valence-electron chi connectivity index (χ4n) is 3.11. The van der Waals surface area contributed by atoms with E-state index in [0.29, 0.717) is 12.0 Å². The zero-order chi connectivity index (χ0) is 11.4. The number of terminal acetylenes is 1. The van der Waals surface area contributed by atoms with Crippen molar-refractivity contribution in [1.29, 1.82) is 0 Å². The van der Waals surface area contributed by atoms with Gasteiger partial charge in [-0.25, -0.2) is 0 Å². The van der Waals surface area contributed by atoms with Crippen LogP contribution in [-0.4, -0.2) is 37.5 Å². The molecule has 1 aliphatic carbocycles. The fraction of sp³-hybridized carbons (Fsp3) is 0.769. The Bertz CT molecular complexity index is 313. The number of rotatable bonds is 1. The number of aliphatic imine (C=N–C) groups is 1. The standard InChI is InChI=1S/C13H21N3.HI/c1-3-9-15-12(14-2)16-10-8-13(11-16)6-4-5-7-13;/h1H,4-11H2,2H3,(H,14,15);1H. The second-order valence-electron chi connectivity index (χ2n) is 4.98. The maximum atomic E-state index is 5.26. The molecular formula is C13H22IN3. The number of hydrogen-bond acceptors (Lipinski definition) is 1. The van der Waals surface area contributed by atoms with Crippen LogP contribution in [0.4, 0.5) is 0 Å². The van der Waals surface area contributed by atoms with Crippen LogP contribution in [0.15, 0.2) is 4.99 Å². The molecule has 2 fully saturated rings. The first-order valence-corrected chi connectivity index (χ1v) is 6.19. The molecule has 96 valence electrons. The fourth-order valence-corrected chi connectivity index (χ4v) is 3.11. The lowest BCUT2D eigenvalue weighted by Crippen LogP contribution is -2.41. The molecule has 1 saturated carbocycles. The van der Waals surface area contributed by atoms with Crippen molar-refractivity contribution in [3.05, 3.63) is 0 Å². The van der Waals surface area contributed by atoms with Gasteiger partial charge in [0.25, 0.3) is 0 Å². The molecule has 0 amide bonds. The Hall–Kier alpha value is -0.440. The summed E-state index contributed by atoms with van der Waals surface area (Å²) < 4.78 is 0. The van der Waals surface area contributed by atoms with Crippen LogP contribution >= 0.6 is 24.0 Å². The Kier molecular flexibility index (Phi) is 5.57. The van der Waals surface area contributed by atoms with Crippen molar-refractivity contribution in [2.24, 2.45) is 10.4 Å². The molecule has 1 heterocycles. The molecule has 2 rings (SSSR count). The molecule has 0 radical (unpaired) electrons. The van der Waals surface area contributed by atoms with E-state index in [1.165, 1.54) is 32.1 Å². The Balaban J connectivity index is 0.00000144. The van der Waals surface area contributed by atoms with Gasteiger partial charge in [-0.15, -0.1) is 30.4 Å². The van der Waals surface area contributed by atoms with Crippen molar-refractivity contribution >= 4 is 29.9 Å². The summed E-state index contributed by atoms with van der Waals surface area (Å²) in [5, 5.41) is 3.21. The van der Waals surface area contributed by atoms with Crippen LogP contribution in [0.3, 0.4) is 0 Å². The van der Waals surface area contributed by atoms with Crippen molar-refractivity contribution < 1.29 is 0 Å². The Morgan fingerprint density at radius 1 is 1.41 bits per heavy atom. The quantitative estimate of drug-likeness (QED) is 0.340. The van der Waals surface area contributed by atoms with E-state index >= 15 is 0 Å². The maximum Gasteiger partial charge on any atom is 0.194 e. The van der Waals surface area contributed by atoms with Gasteiger partial charge in [0.1, 0.15) is 0 Å². The van der Waals surface area contributed by atoms with Crippen LogP contribution in [-0.2, 0) is 0 Å². The van der Waals surface area contributed by atoms with Crippen molar-refractivity contribution in [3.63, 3.8) is 0 Å². The van der Waals surface area contributed by atoms with Crippen LogP contribution in [0.5, 0.6) is 0 Å². The molecule has 0 atom stereocenters. The van der Waals surface area contributed by atoms with Gasteiger partial charge in [0.2, 0.25) is 0 Å². The average molecular weight is 347 g/mol. The first kappa shape index (κ1) is 14.6. The molecule has 2 aliphatic rings. The van der Waals surface area contributed by atoms with Gasteiger partial charge >= 0.3 is 0 Å². The van der Waals surface area contributed by atoms with E-state index in [4.69, 9.17) is 6.42 Å². The SMILES string of the molecule is C#CCNC(=NC)N1CCC2(CCCC2)C1.I. The number of nitrogens with zero attached hydrogens (tertiary/aromatic N) is 2. The van der Waals surface area contributed by atoms with E-state index in [2.05, 4.69) is 21.1 Å². The maximum absolute atomic E-state index is 5.26. The summed E-state index contributed by atoms with van der Waals surface area (Å²) in [6.07, 6.45) is 12.2. The molecule has 0 unspecified atom stereocenters. The Labute approximate surface area is 121 Å². The molecule has 1 saturated heterocycles. The van der Waals surface area contributed by atoms with Crippen molar-refractivity contribution in [2.75, 3.05) is 26.7 Å². The first-order valence-electron chi connectivity index (χ1n) is 6.19. The molecule has 4 heteroatoms. The van der Waals surface area contributed by atoms with Crippen molar-refractivity contribution in [1.82, 2.24) is 10.2 Å². The highest BCUT2D eigenvalue weighted by Gasteiger charge is 2.40. The molecule has 1 aliphatic heterocycles. The highest BCUT2D eigenvalue weighted by Crippen LogP contribution is 2.45. The third kappa shape index (κ3) is 3.27. The van der Waals surface area contributed by atoms with Gasteiger partial charge in [-0.2, -0.15) is 0 Å². The zero-order valence-corrected chi connectivity index (χ0v) is 12.9. The predicted molar refractivity (Wildman–Crippen MR) is 82.7 cm³/mol. The highest BCUT2D eigenvalue weighted by molar-refractivity contribution is 14.0. The van der Waals surface area contributed by atoms with Gasteiger partial charge in [0.15, 0.2) is 5.96 Å². The van der Waals surface area contributed by atoms with Gasteiger partial charge in [-0.05, 0) is 24.7 Å². The minimum absolute atomic E-state index is 0. The normalized spacial score (nSPS) is 22.4. The van der Waals surface area contributed by atoms with E-state index in [1.54, 1.807) is 0 Å². The Morgan fingerprint density at radius 2 is 2.12 bits per heavy atom. The monoisotopic (exact) mass is 347 g/mol. The topological polar surface area (TPSA) is 27.6 Å². The summed E-state index contributed by atoms with van der Waals surface area (Å²) in [5.74, 6) is 3.57. The summed E-state index contributed by atoms with van der Waals surface area (Å²) in [5.41, 5.74) is 0.591. The summed E-state index contributed by atoms with van der Waals surface area (Å²) in [4.78, 5) is 6.66. The highest BCUT2D eigenvalue weighted by atomic mass is 127. The van der Waals surface area contributed by atoms with Gasteiger partial charge in [-0.3, -0.25) is 4.99 Å². The number of halogens is 1. The first-order chi connectivity index (χ1) is 7.79. The predicted octanol–water partition coefficient (Wildman–Crippen LogP) is 2.08. The molecule has 0 aromatic carbocycles. The molecule has 17 heavy (non-hydrogen) atoms. The van der Waals surface area contributed by atoms with E-state index < -0.39 is 0 Å². The van der Waals surface area contributed by atoms with Gasteiger partial charge in [0, 0.05) is 20.1 Å². The minimum Gasteiger partial charge on any atom is -0.345 e. The second kappa shape index (κ2) is 6.48. The number of nitrogens with one attached hydrogen (secondary N) is 1. The summed E-state index contributed by atoms with van der Waals surface area (Å²) >= 11 is 0. The number of guanidine groups is 1. The molecule has 0 aromatic heterocycles. The van der Waals surface area contributed by atoms with Crippen LogP contribution in [0.2, 0.25) is 0 Å². The van der Waals surface area contributed by atoms with E-state index in [-0.39, 0.29) is 24.0 Å². The van der Waals surface area contributed by atoms with Gasteiger partial charge in [0.05, 0.1) is 6.54 Å².